The highest BCUT2D eigenvalue weighted by Crippen LogP contribution is 2.40. The van der Waals surface area contributed by atoms with Crippen molar-refractivity contribution in [2.75, 3.05) is 6.54 Å². The standard InChI is InChI=1S/C29H36N4O2S/c1-3-19(2)27(34)31-25(21-9-5-4-6-10-21)29(35)33-18-8-12-23(33)28-32-26-22(11-7-13-24(26)36-28)20-14-16-30-17-15-20/h7,11,13-17,19,21,23,25H,3-6,8-10,12,18H2,1-2H3,(H,31,34)/t19-,23+,25+/m1/s1. The van der Waals surface area contributed by atoms with Crippen molar-refractivity contribution in [1.29, 1.82) is 0 Å². The highest BCUT2D eigenvalue weighted by atomic mass is 32.1. The van der Waals surface area contributed by atoms with E-state index in [2.05, 4.69) is 28.5 Å². The van der Waals surface area contributed by atoms with Crippen LogP contribution in [0.2, 0.25) is 0 Å². The van der Waals surface area contributed by atoms with Gasteiger partial charge in [0, 0.05) is 30.4 Å². The number of hydrogen-bond acceptors (Lipinski definition) is 5. The number of carbonyl (C=O) groups is 2. The van der Waals surface area contributed by atoms with Crippen molar-refractivity contribution in [1.82, 2.24) is 20.2 Å². The second-order valence-corrected chi connectivity index (χ2v) is 11.4. The van der Waals surface area contributed by atoms with Crippen molar-refractivity contribution in [3.8, 4) is 11.1 Å². The van der Waals surface area contributed by atoms with E-state index in [0.717, 1.165) is 77.8 Å². The van der Waals surface area contributed by atoms with Crippen LogP contribution in [0.5, 0.6) is 0 Å². The zero-order valence-corrected chi connectivity index (χ0v) is 22.1. The van der Waals surface area contributed by atoms with Gasteiger partial charge in [0.1, 0.15) is 11.0 Å². The quantitative estimate of drug-likeness (QED) is 0.420. The van der Waals surface area contributed by atoms with Crippen LogP contribution in [0.15, 0.2) is 42.7 Å². The lowest BCUT2D eigenvalue weighted by atomic mass is 9.83. The van der Waals surface area contributed by atoms with E-state index in [1.165, 1.54) is 6.42 Å². The lowest BCUT2D eigenvalue weighted by Crippen LogP contribution is -2.53. The maximum atomic E-state index is 14.1. The minimum atomic E-state index is -0.436. The molecular formula is C29H36N4O2S. The van der Waals surface area contributed by atoms with Gasteiger partial charge in [0.25, 0.3) is 0 Å². The van der Waals surface area contributed by atoms with Gasteiger partial charge >= 0.3 is 0 Å². The van der Waals surface area contributed by atoms with Crippen molar-refractivity contribution in [2.45, 2.75) is 77.3 Å². The van der Waals surface area contributed by atoms with E-state index in [9.17, 15) is 9.59 Å². The first kappa shape index (κ1) is 24.9. The molecule has 1 aromatic carbocycles. The monoisotopic (exact) mass is 504 g/mol. The number of rotatable bonds is 7. The van der Waals surface area contributed by atoms with Gasteiger partial charge in [-0.25, -0.2) is 4.98 Å². The number of carbonyl (C=O) groups excluding carboxylic acids is 2. The maximum absolute atomic E-state index is 14.1. The molecule has 0 bridgehead atoms. The molecule has 0 unspecified atom stereocenters. The van der Waals surface area contributed by atoms with E-state index in [0.29, 0.717) is 0 Å². The Kier molecular flexibility index (Phi) is 7.65. The van der Waals surface area contributed by atoms with Crippen molar-refractivity contribution < 1.29 is 9.59 Å². The Labute approximate surface area is 217 Å². The molecule has 2 aliphatic rings. The molecule has 1 aliphatic carbocycles. The molecule has 5 rings (SSSR count). The van der Waals surface area contributed by atoms with Crippen molar-refractivity contribution >= 4 is 33.4 Å². The summed E-state index contributed by atoms with van der Waals surface area (Å²) in [6, 6.07) is 9.83. The average molecular weight is 505 g/mol. The summed E-state index contributed by atoms with van der Waals surface area (Å²) in [4.78, 5) is 38.2. The van der Waals surface area contributed by atoms with E-state index in [4.69, 9.17) is 4.98 Å². The van der Waals surface area contributed by atoms with Gasteiger partial charge in [-0.3, -0.25) is 14.6 Å². The third kappa shape index (κ3) is 5.03. The number of likely N-dealkylation sites (tertiary alicyclic amines) is 1. The highest BCUT2D eigenvalue weighted by Gasteiger charge is 2.40. The fourth-order valence-electron chi connectivity index (χ4n) is 5.67. The van der Waals surface area contributed by atoms with Crippen molar-refractivity contribution in [2.24, 2.45) is 11.8 Å². The summed E-state index contributed by atoms with van der Waals surface area (Å²) in [7, 11) is 0. The Morgan fingerprint density at radius 1 is 1.08 bits per heavy atom. The lowest BCUT2D eigenvalue weighted by Gasteiger charge is -2.35. The van der Waals surface area contributed by atoms with E-state index >= 15 is 0 Å². The Hall–Kier alpha value is -2.80. The number of benzene rings is 1. The van der Waals surface area contributed by atoms with Crippen LogP contribution in [0.25, 0.3) is 21.3 Å². The molecule has 3 heterocycles. The molecule has 36 heavy (non-hydrogen) atoms. The zero-order chi connectivity index (χ0) is 25.1. The molecular weight excluding hydrogens is 468 g/mol. The molecule has 190 valence electrons. The van der Waals surface area contributed by atoms with Crippen LogP contribution in [0.3, 0.4) is 0 Å². The molecule has 2 amide bonds. The van der Waals surface area contributed by atoms with Crippen LogP contribution in [-0.2, 0) is 9.59 Å². The number of nitrogens with zero attached hydrogens (tertiary/aromatic N) is 3. The average Bonchev–Trinajstić information content (AvgIpc) is 3.59. The summed E-state index contributed by atoms with van der Waals surface area (Å²) in [6.45, 7) is 4.68. The van der Waals surface area contributed by atoms with Gasteiger partial charge in [-0.2, -0.15) is 0 Å². The van der Waals surface area contributed by atoms with Crippen LogP contribution in [0, 0.1) is 11.8 Å². The van der Waals surface area contributed by atoms with E-state index < -0.39 is 6.04 Å². The number of fused-ring (bicyclic) bond motifs is 1. The number of para-hydroxylation sites is 1. The summed E-state index contributed by atoms with van der Waals surface area (Å²) in [6.07, 6.45) is 11.7. The van der Waals surface area contributed by atoms with Crippen LogP contribution in [0.1, 0.15) is 76.3 Å². The van der Waals surface area contributed by atoms with Crippen LogP contribution >= 0.6 is 11.3 Å². The zero-order valence-electron chi connectivity index (χ0n) is 21.3. The second-order valence-electron chi connectivity index (χ2n) is 10.3. The number of nitrogens with one attached hydrogen (secondary N) is 1. The van der Waals surface area contributed by atoms with Crippen LogP contribution < -0.4 is 5.32 Å². The maximum Gasteiger partial charge on any atom is 0.246 e. The predicted octanol–water partition coefficient (Wildman–Crippen LogP) is 6.13. The first-order valence-electron chi connectivity index (χ1n) is 13.5. The summed E-state index contributed by atoms with van der Waals surface area (Å²) in [5, 5.41) is 4.18. The third-order valence-electron chi connectivity index (χ3n) is 7.99. The number of pyridine rings is 1. The Balaban J connectivity index is 1.44. The number of thiazole rings is 1. The predicted molar refractivity (Wildman–Crippen MR) is 144 cm³/mol. The molecule has 6 nitrogen and oxygen atoms in total. The van der Waals surface area contributed by atoms with Gasteiger partial charge in [-0.1, -0.05) is 45.2 Å². The first-order valence-corrected chi connectivity index (χ1v) is 14.3. The molecule has 0 spiro atoms. The molecule has 3 aromatic rings. The Morgan fingerprint density at radius 3 is 2.61 bits per heavy atom. The van der Waals surface area contributed by atoms with Gasteiger partial charge < -0.3 is 10.2 Å². The fraction of sp³-hybridized carbons (Fsp3) is 0.517. The Bertz CT molecular complexity index is 1200. The third-order valence-corrected chi connectivity index (χ3v) is 9.11. The minimum Gasteiger partial charge on any atom is -0.344 e. The van der Waals surface area contributed by atoms with E-state index in [-0.39, 0.29) is 29.7 Å². The van der Waals surface area contributed by atoms with Crippen LogP contribution in [0.4, 0.5) is 0 Å². The molecule has 1 N–H and O–H groups in total. The van der Waals surface area contributed by atoms with Crippen molar-refractivity contribution in [3.63, 3.8) is 0 Å². The smallest absolute Gasteiger partial charge is 0.246 e. The SMILES string of the molecule is CC[C@@H](C)C(=O)N[C@H](C(=O)N1CCC[C@H]1c1nc2c(-c3ccncc3)cccc2s1)C1CCCCC1. The fourth-order valence-corrected chi connectivity index (χ4v) is 6.81. The summed E-state index contributed by atoms with van der Waals surface area (Å²) < 4.78 is 1.13. The van der Waals surface area contributed by atoms with E-state index in [1.807, 2.05) is 30.9 Å². The van der Waals surface area contributed by atoms with Crippen molar-refractivity contribution in [3.05, 3.63) is 47.7 Å². The first-order chi connectivity index (χ1) is 17.6. The number of aromatic nitrogens is 2. The normalized spacial score (nSPS) is 20.4. The molecule has 1 aliphatic heterocycles. The van der Waals surface area contributed by atoms with Crippen LogP contribution in [-0.4, -0.2) is 39.3 Å². The molecule has 2 fully saturated rings. The van der Waals surface area contributed by atoms with E-state index in [1.54, 1.807) is 23.7 Å². The largest absolute Gasteiger partial charge is 0.344 e. The van der Waals surface area contributed by atoms with Gasteiger partial charge in [0.05, 0.1) is 16.3 Å². The van der Waals surface area contributed by atoms with Gasteiger partial charge in [-0.05, 0) is 61.8 Å². The minimum absolute atomic E-state index is 0.000787. The molecule has 1 saturated carbocycles. The summed E-state index contributed by atoms with van der Waals surface area (Å²) in [5.74, 6) is 0.206. The topological polar surface area (TPSA) is 75.2 Å². The van der Waals surface area contributed by atoms with Gasteiger partial charge in [0.2, 0.25) is 11.8 Å². The molecule has 2 aromatic heterocycles. The molecule has 3 atom stereocenters. The molecule has 1 saturated heterocycles. The number of amides is 2. The summed E-state index contributed by atoms with van der Waals surface area (Å²) >= 11 is 1.69. The molecule has 7 heteroatoms. The van der Waals surface area contributed by atoms with Gasteiger partial charge in [-0.15, -0.1) is 11.3 Å². The van der Waals surface area contributed by atoms with Gasteiger partial charge in [0.15, 0.2) is 0 Å². The second kappa shape index (κ2) is 11.1. The summed E-state index contributed by atoms with van der Waals surface area (Å²) in [5.41, 5.74) is 3.17. The highest BCUT2D eigenvalue weighted by molar-refractivity contribution is 7.18. The Morgan fingerprint density at radius 2 is 1.86 bits per heavy atom. The lowest BCUT2D eigenvalue weighted by molar-refractivity contribution is -0.140. The molecule has 0 radical (unpaired) electrons. The number of hydrogen-bond donors (Lipinski definition) is 1.